The predicted molar refractivity (Wildman–Crippen MR) is 151 cm³/mol. The van der Waals surface area contributed by atoms with Crippen LogP contribution in [0.5, 0.6) is 0 Å². The highest BCUT2D eigenvalue weighted by molar-refractivity contribution is 5.67. The number of nitrogens with zero attached hydrogens (tertiary/aromatic N) is 3. The Hall–Kier alpha value is -3.66. The van der Waals surface area contributed by atoms with Crippen molar-refractivity contribution in [1.29, 1.82) is 5.26 Å². The number of ether oxygens (including phenoxy) is 1. The first-order valence-corrected chi connectivity index (χ1v) is 14.3. The molecule has 40 heavy (non-hydrogen) atoms. The first-order valence-electron chi connectivity index (χ1n) is 14.3. The highest BCUT2D eigenvalue weighted by Gasteiger charge is 2.53. The molecule has 0 radical (unpaired) electrons. The van der Waals surface area contributed by atoms with Gasteiger partial charge in [-0.3, -0.25) is 0 Å². The van der Waals surface area contributed by atoms with Gasteiger partial charge in [-0.05, 0) is 75.7 Å². The molecule has 3 aliphatic rings. The van der Waals surface area contributed by atoms with Crippen LogP contribution in [0.4, 0.5) is 10.5 Å². The van der Waals surface area contributed by atoms with Crippen LogP contribution in [0.15, 0.2) is 54.6 Å². The number of carbonyl (C=O) groups is 1. The van der Waals surface area contributed by atoms with Gasteiger partial charge in [0, 0.05) is 44.2 Å². The minimum atomic E-state index is -0.638. The molecule has 1 amide bonds. The number of alkyl carbamates (subject to hydrolysis) is 1. The first-order chi connectivity index (χ1) is 19.4. The first kappa shape index (κ1) is 29.3. The summed E-state index contributed by atoms with van der Waals surface area (Å²) in [7, 11) is 1.60. The molecule has 3 fully saturated rings. The number of nitriles is 1. The third kappa shape index (κ3) is 6.38. The Bertz CT molecular complexity index is 1180. The van der Waals surface area contributed by atoms with Gasteiger partial charge in [0.15, 0.2) is 0 Å². The number of piperidine rings is 1. The lowest BCUT2D eigenvalue weighted by atomic mass is 9.59. The van der Waals surface area contributed by atoms with Crippen LogP contribution < -0.4 is 10.2 Å². The topological polar surface area (TPSA) is 103 Å². The summed E-state index contributed by atoms with van der Waals surface area (Å²) >= 11 is 0. The van der Waals surface area contributed by atoms with E-state index in [0.29, 0.717) is 5.92 Å². The van der Waals surface area contributed by atoms with E-state index in [1.165, 1.54) is 11.3 Å². The number of nitrogens with one attached hydrogen (secondary N) is 1. The van der Waals surface area contributed by atoms with Gasteiger partial charge in [0.25, 0.3) is 0 Å². The average molecular weight is 545 g/mol. The van der Waals surface area contributed by atoms with Crippen molar-refractivity contribution in [3.8, 4) is 6.07 Å². The number of aryl methyl sites for hydroxylation is 1. The maximum atomic E-state index is 12.1. The maximum absolute atomic E-state index is 12.1. The third-order valence-electron chi connectivity index (χ3n) is 9.04. The average Bonchev–Trinajstić information content (AvgIpc) is 3.42. The van der Waals surface area contributed by atoms with Crippen molar-refractivity contribution in [2.45, 2.75) is 50.5 Å². The molecule has 8 nitrogen and oxygen atoms in total. The summed E-state index contributed by atoms with van der Waals surface area (Å²) < 4.78 is 5.83. The molecule has 0 bridgehead atoms. The molecular weight excluding hydrogens is 504 g/mol. The lowest BCUT2D eigenvalue weighted by Gasteiger charge is -2.47. The Morgan fingerprint density at radius 2 is 1.68 bits per heavy atom. The standard InChI is InChI=1S/C31H40N4O2.CO2/c1-23-11-13-27(14-12-23)35-20-24(21-35)19-34-17-15-26(16-18-34)31(22-32,25-7-4-3-5-8-25)28-9-6-10-29(28)37-30(36)33-2;2-1-3/h3-5,7-8,11-14,24,26,28-29H,6,9-10,15-21H2,1-2H3,(H,33,36);/t28-,29-,31?;/m0./s1. The molecule has 2 aromatic carbocycles. The van der Waals surface area contributed by atoms with Crippen molar-refractivity contribution >= 4 is 17.9 Å². The minimum Gasteiger partial charge on any atom is -0.446 e. The van der Waals surface area contributed by atoms with Gasteiger partial charge in [-0.15, -0.1) is 0 Å². The molecule has 0 spiro atoms. The molecule has 5 rings (SSSR count). The lowest BCUT2D eigenvalue weighted by Crippen LogP contribution is -2.54. The fraction of sp³-hybridized carbons (Fsp3) is 0.531. The normalized spacial score (nSPS) is 23.0. The highest BCUT2D eigenvalue weighted by atomic mass is 16.6. The van der Waals surface area contributed by atoms with Gasteiger partial charge < -0.3 is 19.9 Å². The van der Waals surface area contributed by atoms with Crippen molar-refractivity contribution in [3.05, 3.63) is 65.7 Å². The van der Waals surface area contributed by atoms with Crippen LogP contribution in [-0.2, 0) is 19.7 Å². The van der Waals surface area contributed by atoms with Gasteiger partial charge in [0.05, 0.1) is 11.5 Å². The second kappa shape index (κ2) is 13.6. The van der Waals surface area contributed by atoms with Crippen LogP contribution >= 0.6 is 0 Å². The molecule has 1 N–H and O–H groups in total. The van der Waals surface area contributed by atoms with E-state index in [0.717, 1.165) is 70.4 Å². The smallest absolute Gasteiger partial charge is 0.407 e. The van der Waals surface area contributed by atoms with Gasteiger partial charge in [0.1, 0.15) is 6.10 Å². The molecule has 2 aliphatic heterocycles. The van der Waals surface area contributed by atoms with Gasteiger partial charge in [-0.2, -0.15) is 14.9 Å². The largest absolute Gasteiger partial charge is 0.446 e. The van der Waals surface area contributed by atoms with Gasteiger partial charge in [-0.25, -0.2) is 4.79 Å². The van der Waals surface area contributed by atoms with Gasteiger partial charge >= 0.3 is 12.2 Å². The summed E-state index contributed by atoms with van der Waals surface area (Å²) in [5.41, 5.74) is 3.08. The molecule has 1 aliphatic carbocycles. The quantitative estimate of drug-likeness (QED) is 0.546. The van der Waals surface area contributed by atoms with Crippen LogP contribution in [0.25, 0.3) is 0 Å². The van der Waals surface area contributed by atoms with E-state index in [1.807, 2.05) is 18.2 Å². The summed E-state index contributed by atoms with van der Waals surface area (Å²) in [5.74, 6) is 0.969. The Morgan fingerprint density at radius 3 is 2.27 bits per heavy atom. The summed E-state index contributed by atoms with van der Waals surface area (Å²) in [6.45, 7) is 7.55. The Kier molecular flexibility index (Phi) is 9.98. The van der Waals surface area contributed by atoms with E-state index < -0.39 is 11.5 Å². The molecule has 212 valence electrons. The van der Waals surface area contributed by atoms with Crippen molar-refractivity contribution in [1.82, 2.24) is 10.2 Å². The van der Waals surface area contributed by atoms with Crippen LogP contribution in [0, 0.1) is 36.0 Å². The van der Waals surface area contributed by atoms with Crippen molar-refractivity contribution < 1.29 is 19.1 Å². The number of benzene rings is 2. The number of anilines is 1. The molecule has 2 heterocycles. The minimum absolute atomic E-state index is 0.0171. The van der Waals surface area contributed by atoms with E-state index in [1.54, 1.807) is 7.05 Å². The monoisotopic (exact) mass is 544 g/mol. The molecule has 2 aromatic rings. The predicted octanol–water partition coefficient (Wildman–Crippen LogP) is 4.55. The molecule has 0 aromatic heterocycles. The number of hydrogen-bond donors (Lipinski definition) is 1. The number of carbonyl (C=O) groups excluding carboxylic acids is 3. The maximum Gasteiger partial charge on any atom is 0.407 e. The second-order valence-corrected chi connectivity index (χ2v) is 11.3. The van der Waals surface area contributed by atoms with Crippen molar-refractivity contribution in [2.24, 2.45) is 17.8 Å². The third-order valence-corrected chi connectivity index (χ3v) is 9.04. The van der Waals surface area contributed by atoms with Crippen LogP contribution in [-0.4, -0.2) is 63.0 Å². The van der Waals surface area contributed by atoms with Crippen LogP contribution in [0.1, 0.15) is 43.2 Å². The molecular formula is C32H40N4O4. The molecule has 1 unspecified atom stereocenters. The zero-order valence-corrected chi connectivity index (χ0v) is 23.6. The van der Waals surface area contributed by atoms with Gasteiger partial charge in [0.2, 0.25) is 0 Å². The Balaban J connectivity index is 0.00000118. The molecule has 1 saturated carbocycles. The number of hydrogen-bond acceptors (Lipinski definition) is 7. The van der Waals surface area contributed by atoms with Gasteiger partial charge in [-0.1, -0.05) is 48.0 Å². The molecule has 2 saturated heterocycles. The second-order valence-electron chi connectivity index (χ2n) is 11.3. The van der Waals surface area contributed by atoms with E-state index in [4.69, 9.17) is 14.3 Å². The molecule has 3 atom stereocenters. The Morgan fingerprint density at radius 1 is 1.02 bits per heavy atom. The summed E-state index contributed by atoms with van der Waals surface area (Å²) in [4.78, 5) is 33.5. The van der Waals surface area contributed by atoms with Crippen molar-refractivity contribution in [3.63, 3.8) is 0 Å². The van der Waals surface area contributed by atoms with Crippen molar-refractivity contribution in [2.75, 3.05) is 44.7 Å². The summed E-state index contributed by atoms with van der Waals surface area (Å²) in [6, 6.07) is 22.0. The van der Waals surface area contributed by atoms with E-state index in [2.05, 4.69) is 64.5 Å². The Labute approximate surface area is 237 Å². The summed E-state index contributed by atoms with van der Waals surface area (Å²) in [6.07, 6.45) is 4.36. The number of amides is 1. The zero-order chi connectivity index (χ0) is 28.5. The fourth-order valence-electron chi connectivity index (χ4n) is 7.08. The molecule has 8 heteroatoms. The zero-order valence-electron chi connectivity index (χ0n) is 23.6. The summed E-state index contributed by atoms with van der Waals surface area (Å²) in [5, 5.41) is 13.4. The van der Waals surface area contributed by atoms with Crippen LogP contribution in [0.2, 0.25) is 0 Å². The highest BCUT2D eigenvalue weighted by Crippen LogP contribution is 2.51. The van der Waals surface area contributed by atoms with E-state index in [-0.39, 0.29) is 24.1 Å². The lowest BCUT2D eigenvalue weighted by molar-refractivity contribution is -0.191. The van der Waals surface area contributed by atoms with E-state index in [9.17, 15) is 10.1 Å². The van der Waals surface area contributed by atoms with E-state index >= 15 is 0 Å². The fourth-order valence-corrected chi connectivity index (χ4v) is 7.08. The SMILES string of the molecule is CNC(=O)O[C@H]1CCC[C@@H]1C(C#N)(c1ccccc1)C1CCN(CC2CN(c3ccc(C)cc3)C2)CC1.O=C=O. The van der Waals surface area contributed by atoms with Crippen LogP contribution in [0.3, 0.4) is 0 Å². The number of rotatable bonds is 7. The number of likely N-dealkylation sites (tertiary alicyclic amines) is 1.